The number of carbonyl (C=O) groups is 1. The molecule has 0 fully saturated rings. The Balaban J connectivity index is 1.72. The molecule has 2 aromatic carbocycles. The standard InChI is InChI=1S/C18H17N3O2/c1-12-7-6-10-15(13(12)2)19-17(22)18-21-20-16(23-18)11-14-8-4-3-5-9-14/h3-10H,11H2,1-2H3,(H,19,22). The Morgan fingerprint density at radius 3 is 2.61 bits per heavy atom. The second-order valence-corrected chi connectivity index (χ2v) is 5.36. The number of rotatable bonds is 4. The third-order valence-electron chi connectivity index (χ3n) is 3.71. The molecule has 0 atom stereocenters. The number of nitrogens with zero attached hydrogens (tertiary/aromatic N) is 2. The lowest BCUT2D eigenvalue weighted by Crippen LogP contribution is -2.13. The van der Waals surface area contributed by atoms with Gasteiger partial charge in [-0.1, -0.05) is 42.5 Å². The van der Waals surface area contributed by atoms with Crippen LogP contribution in [0.25, 0.3) is 0 Å². The maximum absolute atomic E-state index is 12.2. The molecule has 1 aromatic heterocycles. The molecule has 0 unspecified atom stereocenters. The van der Waals surface area contributed by atoms with Crippen LogP contribution in [0.1, 0.15) is 33.3 Å². The van der Waals surface area contributed by atoms with Gasteiger partial charge in [-0.15, -0.1) is 10.2 Å². The molecule has 0 bridgehead atoms. The van der Waals surface area contributed by atoms with E-state index in [-0.39, 0.29) is 5.89 Å². The Labute approximate surface area is 134 Å². The number of amides is 1. The van der Waals surface area contributed by atoms with Gasteiger partial charge in [0.2, 0.25) is 5.89 Å². The van der Waals surface area contributed by atoms with Crippen LogP contribution >= 0.6 is 0 Å². The van der Waals surface area contributed by atoms with Gasteiger partial charge in [-0.2, -0.15) is 0 Å². The number of aryl methyl sites for hydroxylation is 1. The summed E-state index contributed by atoms with van der Waals surface area (Å²) in [6.45, 7) is 3.95. The molecule has 1 N–H and O–H groups in total. The molecule has 0 spiro atoms. The zero-order chi connectivity index (χ0) is 16.2. The third kappa shape index (κ3) is 3.45. The molecule has 0 aliphatic heterocycles. The molecule has 3 rings (SSSR count). The van der Waals surface area contributed by atoms with Crippen molar-refractivity contribution >= 4 is 11.6 Å². The summed E-state index contributed by atoms with van der Waals surface area (Å²) in [4.78, 5) is 12.2. The van der Waals surface area contributed by atoms with Gasteiger partial charge in [0.15, 0.2) is 0 Å². The molecule has 1 amide bonds. The number of nitrogens with one attached hydrogen (secondary N) is 1. The molecule has 0 aliphatic rings. The van der Waals surface area contributed by atoms with Crippen LogP contribution in [0.3, 0.4) is 0 Å². The van der Waals surface area contributed by atoms with Crippen molar-refractivity contribution in [2.75, 3.05) is 5.32 Å². The van der Waals surface area contributed by atoms with Crippen molar-refractivity contribution in [2.45, 2.75) is 20.3 Å². The summed E-state index contributed by atoms with van der Waals surface area (Å²) in [5, 5.41) is 10.6. The van der Waals surface area contributed by atoms with Gasteiger partial charge < -0.3 is 9.73 Å². The molecule has 5 heteroatoms. The van der Waals surface area contributed by atoms with Crippen molar-refractivity contribution in [3.8, 4) is 0 Å². The van der Waals surface area contributed by atoms with E-state index < -0.39 is 5.91 Å². The van der Waals surface area contributed by atoms with Crippen molar-refractivity contribution in [2.24, 2.45) is 0 Å². The SMILES string of the molecule is Cc1cccc(NC(=O)c2nnc(Cc3ccccc3)o2)c1C. The van der Waals surface area contributed by atoms with E-state index in [0.717, 1.165) is 22.4 Å². The normalized spacial score (nSPS) is 10.5. The number of benzene rings is 2. The first-order valence-corrected chi connectivity index (χ1v) is 7.37. The first kappa shape index (κ1) is 15.0. The van der Waals surface area contributed by atoms with Crippen LogP contribution in [0.15, 0.2) is 52.9 Å². The van der Waals surface area contributed by atoms with Gasteiger partial charge >= 0.3 is 11.8 Å². The van der Waals surface area contributed by atoms with E-state index in [1.807, 2.05) is 62.4 Å². The Morgan fingerprint density at radius 1 is 1.04 bits per heavy atom. The van der Waals surface area contributed by atoms with Crippen LogP contribution in [-0.4, -0.2) is 16.1 Å². The highest BCUT2D eigenvalue weighted by molar-refractivity contribution is 6.01. The second-order valence-electron chi connectivity index (χ2n) is 5.36. The third-order valence-corrected chi connectivity index (χ3v) is 3.71. The van der Waals surface area contributed by atoms with Crippen LogP contribution in [0.5, 0.6) is 0 Å². The second kappa shape index (κ2) is 6.44. The molecule has 0 radical (unpaired) electrons. The lowest BCUT2D eigenvalue weighted by atomic mass is 10.1. The molecular formula is C18H17N3O2. The number of anilines is 1. The number of carbonyl (C=O) groups excluding carboxylic acids is 1. The molecule has 23 heavy (non-hydrogen) atoms. The van der Waals surface area contributed by atoms with E-state index in [1.54, 1.807) is 0 Å². The molecule has 3 aromatic rings. The van der Waals surface area contributed by atoms with Gasteiger partial charge in [0, 0.05) is 5.69 Å². The van der Waals surface area contributed by atoms with E-state index in [4.69, 9.17) is 4.42 Å². The summed E-state index contributed by atoms with van der Waals surface area (Å²) in [5.74, 6) is -0.00957. The molecular weight excluding hydrogens is 290 g/mol. The van der Waals surface area contributed by atoms with E-state index >= 15 is 0 Å². The maximum atomic E-state index is 12.2. The van der Waals surface area contributed by atoms with Crippen LogP contribution in [-0.2, 0) is 6.42 Å². The van der Waals surface area contributed by atoms with Gasteiger partial charge in [-0.25, -0.2) is 0 Å². The van der Waals surface area contributed by atoms with Crippen molar-refractivity contribution in [1.82, 2.24) is 10.2 Å². The zero-order valence-corrected chi connectivity index (χ0v) is 13.0. The number of aromatic nitrogens is 2. The largest absolute Gasteiger partial charge is 0.417 e. The smallest absolute Gasteiger partial charge is 0.313 e. The van der Waals surface area contributed by atoms with Crippen LogP contribution < -0.4 is 5.32 Å². The summed E-state index contributed by atoms with van der Waals surface area (Å²) in [7, 11) is 0. The van der Waals surface area contributed by atoms with Crippen LogP contribution in [0.4, 0.5) is 5.69 Å². The van der Waals surface area contributed by atoms with E-state index in [1.165, 1.54) is 0 Å². The highest BCUT2D eigenvalue weighted by Gasteiger charge is 2.16. The Bertz CT molecular complexity index is 825. The quantitative estimate of drug-likeness (QED) is 0.800. The summed E-state index contributed by atoms with van der Waals surface area (Å²) >= 11 is 0. The fourth-order valence-corrected chi connectivity index (χ4v) is 2.25. The minimum absolute atomic E-state index is 0.0307. The average molecular weight is 307 g/mol. The van der Waals surface area contributed by atoms with Gasteiger partial charge in [-0.3, -0.25) is 4.79 Å². The molecule has 116 valence electrons. The summed E-state index contributed by atoms with van der Waals surface area (Å²) in [5.41, 5.74) is 3.93. The van der Waals surface area contributed by atoms with Crippen LogP contribution in [0, 0.1) is 13.8 Å². The van der Waals surface area contributed by atoms with Crippen molar-refractivity contribution in [3.05, 3.63) is 77.0 Å². The molecule has 5 nitrogen and oxygen atoms in total. The van der Waals surface area contributed by atoms with Crippen LogP contribution in [0.2, 0.25) is 0 Å². The molecule has 0 saturated carbocycles. The van der Waals surface area contributed by atoms with E-state index in [0.29, 0.717) is 12.3 Å². The predicted molar refractivity (Wildman–Crippen MR) is 87.4 cm³/mol. The lowest BCUT2D eigenvalue weighted by molar-refractivity contribution is 0.0988. The van der Waals surface area contributed by atoms with Crippen molar-refractivity contribution < 1.29 is 9.21 Å². The fraction of sp³-hybridized carbons (Fsp3) is 0.167. The van der Waals surface area contributed by atoms with E-state index in [2.05, 4.69) is 15.5 Å². The summed E-state index contributed by atoms with van der Waals surface area (Å²) < 4.78 is 5.46. The fourth-order valence-electron chi connectivity index (χ4n) is 2.25. The number of hydrogen-bond acceptors (Lipinski definition) is 4. The van der Waals surface area contributed by atoms with Crippen molar-refractivity contribution in [1.29, 1.82) is 0 Å². The Morgan fingerprint density at radius 2 is 1.83 bits per heavy atom. The maximum Gasteiger partial charge on any atom is 0.313 e. The first-order valence-electron chi connectivity index (χ1n) is 7.37. The Hall–Kier alpha value is -2.95. The number of hydrogen-bond donors (Lipinski definition) is 1. The molecule has 0 saturated heterocycles. The monoisotopic (exact) mass is 307 g/mol. The first-order chi connectivity index (χ1) is 11.1. The topological polar surface area (TPSA) is 68.0 Å². The minimum atomic E-state index is -0.398. The lowest BCUT2D eigenvalue weighted by Gasteiger charge is -2.08. The Kier molecular flexibility index (Phi) is 4.19. The van der Waals surface area contributed by atoms with Gasteiger partial charge in [0.1, 0.15) is 0 Å². The summed E-state index contributed by atoms with van der Waals surface area (Å²) in [6.07, 6.45) is 0.505. The van der Waals surface area contributed by atoms with Gasteiger partial charge in [-0.05, 0) is 36.6 Å². The van der Waals surface area contributed by atoms with Gasteiger partial charge in [0.25, 0.3) is 0 Å². The van der Waals surface area contributed by atoms with E-state index in [9.17, 15) is 4.79 Å². The molecule has 0 aliphatic carbocycles. The highest BCUT2D eigenvalue weighted by atomic mass is 16.4. The highest BCUT2D eigenvalue weighted by Crippen LogP contribution is 2.19. The molecule has 1 heterocycles. The van der Waals surface area contributed by atoms with Crippen molar-refractivity contribution in [3.63, 3.8) is 0 Å². The van der Waals surface area contributed by atoms with Gasteiger partial charge in [0.05, 0.1) is 6.42 Å². The predicted octanol–water partition coefficient (Wildman–Crippen LogP) is 3.53. The average Bonchev–Trinajstić information content (AvgIpc) is 3.01. The summed E-state index contributed by atoms with van der Waals surface area (Å²) in [6, 6.07) is 15.5. The zero-order valence-electron chi connectivity index (χ0n) is 13.0. The minimum Gasteiger partial charge on any atom is -0.417 e.